The molecule has 0 aliphatic heterocycles. The number of carbonyl (C=O) groups excluding carboxylic acids is 2. The fourth-order valence-corrected chi connectivity index (χ4v) is 2.05. The number of nitro benzene ring substituents is 1. The van der Waals surface area contributed by atoms with Gasteiger partial charge in [-0.1, -0.05) is 0 Å². The van der Waals surface area contributed by atoms with Crippen molar-refractivity contribution in [1.29, 1.82) is 0 Å². The molecule has 2 aromatic rings. The van der Waals surface area contributed by atoms with Crippen molar-refractivity contribution in [3.05, 3.63) is 64.0 Å². The average molecular weight is 361 g/mol. The highest BCUT2D eigenvalue weighted by atomic mass is 19.1. The number of anilines is 1. The molecule has 0 bridgehead atoms. The first-order valence-electron chi connectivity index (χ1n) is 7.47. The molecular weight excluding hydrogens is 345 g/mol. The van der Waals surface area contributed by atoms with E-state index in [0.29, 0.717) is 5.56 Å². The number of halogens is 1. The van der Waals surface area contributed by atoms with Crippen LogP contribution < -0.4 is 10.1 Å². The lowest BCUT2D eigenvalue weighted by atomic mass is 10.1. The van der Waals surface area contributed by atoms with Gasteiger partial charge in [0.05, 0.1) is 17.2 Å². The molecule has 0 spiro atoms. The molecule has 2 aromatic carbocycles. The van der Waals surface area contributed by atoms with Gasteiger partial charge in [0.15, 0.2) is 5.78 Å². The van der Waals surface area contributed by atoms with Gasteiger partial charge in [-0.05, 0) is 44.4 Å². The van der Waals surface area contributed by atoms with Crippen LogP contribution in [0.4, 0.5) is 20.6 Å². The van der Waals surface area contributed by atoms with Crippen LogP contribution in [-0.2, 0) is 0 Å². The Bertz CT molecular complexity index is 837. The minimum Gasteiger partial charge on any atom is -0.410 e. The SMILES string of the molecule is CN(C)CC(=O)c1ccc(OC(=O)Nc2cc([N+](=O)[O-])ccc2F)cc1. The van der Waals surface area contributed by atoms with Crippen LogP contribution in [0.15, 0.2) is 42.5 Å². The van der Waals surface area contributed by atoms with E-state index in [1.165, 1.54) is 24.3 Å². The number of nitrogens with zero attached hydrogens (tertiary/aromatic N) is 2. The van der Waals surface area contributed by atoms with Crippen LogP contribution in [-0.4, -0.2) is 42.3 Å². The molecule has 2 rings (SSSR count). The predicted octanol–water partition coefficient (Wildman–Crippen LogP) is 3.09. The number of hydrogen-bond donors (Lipinski definition) is 1. The van der Waals surface area contributed by atoms with Crippen molar-refractivity contribution >= 4 is 23.3 Å². The molecule has 0 unspecified atom stereocenters. The van der Waals surface area contributed by atoms with Crippen LogP contribution in [0, 0.1) is 15.9 Å². The van der Waals surface area contributed by atoms with Gasteiger partial charge in [0.25, 0.3) is 5.69 Å². The third kappa shape index (κ3) is 5.08. The number of rotatable bonds is 6. The second kappa shape index (κ2) is 8.17. The van der Waals surface area contributed by atoms with E-state index in [1.54, 1.807) is 19.0 Å². The van der Waals surface area contributed by atoms with Gasteiger partial charge in [0, 0.05) is 17.7 Å². The van der Waals surface area contributed by atoms with E-state index >= 15 is 0 Å². The number of hydrogen-bond acceptors (Lipinski definition) is 6. The lowest BCUT2D eigenvalue weighted by Gasteiger charge is -2.09. The molecule has 0 atom stereocenters. The van der Waals surface area contributed by atoms with Crippen LogP contribution in [0.5, 0.6) is 5.75 Å². The van der Waals surface area contributed by atoms with Crippen molar-refractivity contribution in [2.45, 2.75) is 0 Å². The zero-order chi connectivity index (χ0) is 19.3. The number of non-ortho nitro benzene ring substituents is 1. The number of benzene rings is 2. The molecule has 26 heavy (non-hydrogen) atoms. The van der Waals surface area contributed by atoms with Gasteiger partial charge in [-0.25, -0.2) is 9.18 Å². The Morgan fingerprint density at radius 1 is 1.19 bits per heavy atom. The first kappa shape index (κ1) is 19.0. The molecule has 8 nitrogen and oxygen atoms in total. The van der Waals surface area contributed by atoms with Crippen molar-refractivity contribution in [3.63, 3.8) is 0 Å². The topological polar surface area (TPSA) is 102 Å². The average Bonchev–Trinajstić information content (AvgIpc) is 2.56. The summed E-state index contributed by atoms with van der Waals surface area (Å²) in [7, 11) is 3.54. The molecule has 9 heteroatoms. The van der Waals surface area contributed by atoms with Gasteiger partial charge >= 0.3 is 6.09 Å². The summed E-state index contributed by atoms with van der Waals surface area (Å²) in [6.45, 7) is 0.243. The zero-order valence-electron chi connectivity index (χ0n) is 14.1. The molecule has 0 radical (unpaired) electrons. The molecule has 136 valence electrons. The van der Waals surface area contributed by atoms with Crippen molar-refractivity contribution in [1.82, 2.24) is 4.90 Å². The molecule has 1 amide bonds. The number of Topliss-reactive ketones (excluding diaryl/α,β-unsaturated/α-hetero) is 1. The number of ether oxygens (including phenoxy) is 1. The van der Waals surface area contributed by atoms with Gasteiger partial charge in [0.1, 0.15) is 11.6 Å². The fraction of sp³-hybridized carbons (Fsp3) is 0.176. The maximum atomic E-state index is 13.6. The first-order chi connectivity index (χ1) is 12.3. The summed E-state index contributed by atoms with van der Waals surface area (Å²) < 4.78 is 18.6. The molecular formula is C17H16FN3O5. The third-order valence-corrected chi connectivity index (χ3v) is 3.24. The van der Waals surface area contributed by atoms with Gasteiger partial charge in [0.2, 0.25) is 0 Å². The summed E-state index contributed by atoms with van der Waals surface area (Å²) in [6, 6.07) is 8.59. The summed E-state index contributed by atoms with van der Waals surface area (Å²) in [5, 5.41) is 12.8. The Morgan fingerprint density at radius 3 is 2.42 bits per heavy atom. The van der Waals surface area contributed by atoms with E-state index in [9.17, 15) is 24.1 Å². The number of ketones is 1. The number of carbonyl (C=O) groups is 2. The number of nitro groups is 1. The standard InChI is InChI=1S/C17H16FN3O5/c1-20(2)10-16(22)11-3-6-13(7-4-11)26-17(23)19-15-9-12(21(24)25)5-8-14(15)18/h3-9H,10H2,1-2H3,(H,19,23). The second-order valence-electron chi connectivity index (χ2n) is 5.62. The smallest absolute Gasteiger partial charge is 0.410 e. The molecule has 0 aliphatic carbocycles. The van der Waals surface area contributed by atoms with E-state index in [4.69, 9.17) is 4.74 Å². The van der Waals surface area contributed by atoms with Crippen LogP contribution in [0.25, 0.3) is 0 Å². The Labute approximate surface area is 148 Å². The van der Waals surface area contributed by atoms with E-state index in [2.05, 4.69) is 5.32 Å². The Balaban J connectivity index is 2.03. The number of likely N-dealkylation sites (N-methyl/N-ethyl adjacent to an activating group) is 1. The molecule has 0 saturated carbocycles. The van der Waals surface area contributed by atoms with Crippen molar-refractivity contribution < 1.29 is 23.6 Å². The van der Waals surface area contributed by atoms with Crippen LogP contribution >= 0.6 is 0 Å². The van der Waals surface area contributed by atoms with Crippen LogP contribution in [0.2, 0.25) is 0 Å². The summed E-state index contributed by atoms with van der Waals surface area (Å²) >= 11 is 0. The Kier molecular flexibility index (Phi) is 5.97. The van der Waals surface area contributed by atoms with E-state index in [-0.39, 0.29) is 29.5 Å². The Hall–Kier alpha value is -3.33. The summed E-state index contributed by atoms with van der Waals surface area (Å²) in [5.41, 5.74) is -0.288. The summed E-state index contributed by atoms with van der Waals surface area (Å²) in [4.78, 5) is 35.5. The normalized spacial score (nSPS) is 10.5. The molecule has 1 N–H and O–H groups in total. The van der Waals surface area contributed by atoms with E-state index < -0.39 is 16.8 Å². The maximum Gasteiger partial charge on any atom is 0.417 e. The summed E-state index contributed by atoms with van der Waals surface area (Å²) in [5.74, 6) is -0.795. The zero-order valence-corrected chi connectivity index (χ0v) is 14.1. The number of amides is 1. The predicted molar refractivity (Wildman–Crippen MR) is 92.0 cm³/mol. The van der Waals surface area contributed by atoms with Crippen LogP contribution in [0.1, 0.15) is 10.4 Å². The van der Waals surface area contributed by atoms with Gasteiger partial charge in [-0.15, -0.1) is 0 Å². The van der Waals surface area contributed by atoms with Crippen molar-refractivity contribution in [2.24, 2.45) is 0 Å². The highest BCUT2D eigenvalue weighted by molar-refractivity contribution is 5.97. The lowest BCUT2D eigenvalue weighted by molar-refractivity contribution is -0.384. The van der Waals surface area contributed by atoms with E-state index in [0.717, 1.165) is 18.2 Å². The lowest BCUT2D eigenvalue weighted by Crippen LogP contribution is -2.21. The molecule has 0 aliphatic rings. The third-order valence-electron chi connectivity index (χ3n) is 3.24. The van der Waals surface area contributed by atoms with Crippen LogP contribution in [0.3, 0.4) is 0 Å². The minimum atomic E-state index is -1.02. The Morgan fingerprint density at radius 2 is 1.85 bits per heavy atom. The summed E-state index contributed by atoms with van der Waals surface area (Å²) in [6.07, 6.45) is -1.02. The fourth-order valence-electron chi connectivity index (χ4n) is 2.05. The van der Waals surface area contributed by atoms with Gasteiger partial charge < -0.3 is 9.64 Å². The highest BCUT2D eigenvalue weighted by Gasteiger charge is 2.14. The number of nitrogens with one attached hydrogen (secondary N) is 1. The first-order valence-corrected chi connectivity index (χ1v) is 7.47. The van der Waals surface area contributed by atoms with Crippen molar-refractivity contribution in [2.75, 3.05) is 26.0 Å². The maximum absolute atomic E-state index is 13.6. The van der Waals surface area contributed by atoms with E-state index in [1.807, 2.05) is 0 Å². The van der Waals surface area contributed by atoms with Gasteiger partial charge in [-0.3, -0.25) is 20.2 Å². The molecule has 0 aromatic heterocycles. The quantitative estimate of drug-likeness (QED) is 0.482. The molecule has 0 fully saturated rings. The second-order valence-corrected chi connectivity index (χ2v) is 5.62. The largest absolute Gasteiger partial charge is 0.417 e. The molecule has 0 heterocycles. The monoisotopic (exact) mass is 361 g/mol. The van der Waals surface area contributed by atoms with Crippen molar-refractivity contribution in [3.8, 4) is 5.75 Å². The van der Waals surface area contributed by atoms with Gasteiger partial charge in [-0.2, -0.15) is 0 Å². The minimum absolute atomic E-state index is 0.0929. The highest BCUT2D eigenvalue weighted by Crippen LogP contribution is 2.22. The molecule has 0 saturated heterocycles.